The highest BCUT2D eigenvalue weighted by atomic mass is 16.5. The molecule has 1 heterocycles. The number of phenolic OH excluding ortho intramolecular Hbond substituents is 1. The molecular formula is C19H20N2O2. The molecule has 118 valence electrons. The topological polar surface area (TPSA) is 47.3 Å². The lowest BCUT2D eigenvalue weighted by Crippen LogP contribution is -1.96. The van der Waals surface area contributed by atoms with Gasteiger partial charge in [0.15, 0.2) is 0 Å². The maximum absolute atomic E-state index is 9.32. The lowest BCUT2D eigenvalue weighted by atomic mass is 10.0. The zero-order valence-corrected chi connectivity index (χ0v) is 13.6. The second-order valence-electron chi connectivity index (χ2n) is 5.73. The largest absolute Gasteiger partial charge is 0.508 e. The minimum absolute atomic E-state index is 0.291. The van der Waals surface area contributed by atoms with Gasteiger partial charge < -0.3 is 9.84 Å². The Morgan fingerprint density at radius 1 is 0.957 bits per heavy atom. The van der Waals surface area contributed by atoms with Crippen LogP contribution in [0.1, 0.15) is 22.4 Å². The Morgan fingerprint density at radius 3 is 2.04 bits per heavy atom. The fourth-order valence-electron chi connectivity index (χ4n) is 2.52. The van der Waals surface area contributed by atoms with Gasteiger partial charge in [0.1, 0.15) is 11.5 Å². The first-order valence-corrected chi connectivity index (χ1v) is 7.58. The van der Waals surface area contributed by atoms with E-state index in [-0.39, 0.29) is 0 Å². The minimum atomic E-state index is 0.291. The maximum atomic E-state index is 9.32. The molecule has 0 aliphatic heterocycles. The Morgan fingerprint density at radius 2 is 1.52 bits per heavy atom. The van der Waals surface area contributed by atoms with Gasteiger partial charge in [-0.2, -0.15) is 5.10 Å². The first kappa shape index (κ1) is 15.2. The number of hydrogen-bond acceptors (Lipinski definition) is 3. The van der Waals surface area contributed by atoms with Gasteiger partial charge in [0.25, 0.3) is 0 Å². The van der Waals surface area contributed by atoms with Gasteiger partial charge in [0, 0.05) is 12.6 Å². The summed E-state index contributed by atoms with van der Waals surface area (Å²) in [6, 6.07) is 15.3. The van der Waals surface area contributed by atoms with E-state index in [2.05, 4.69) is 17.2 Å². The van der Waals surface area contributed by atoms with Crippen LogP contribution in [0.15, 0.2) is 48.5 Å². The highest BCUT2D eigenvalue weighted by Crippen LogP contribution is 2.26. The lowest BCUT2D eigenvalue weighted by Gasteiger charge is -2.08. The van der Waals surface area contributed by atoms with Crippen LogP contribution in [-0.4, -0.2) is 14.9 Å². The number of aryl methyl sites for hydroxylation is 2. The molecule has 0 aliphatic carbocycles. The van der Waals surface area contributed by atoms with E-state index >= 15 is 0 Å². The van der Waals surface area contributed by atoms with E-state index in [9.17, 15) is 5.11 Å². The molecule has 4 heteroatoms. The average Bonchev–Trinajstić information content (AvgIpc) is 2.78. The molecule has 3 aromatic rings. The van der Waals surface area contributed by atoms with E-state index in [0.29, 0.717) is 5.75 Å². The fraction of sp³-hybridized carbons (Fsp3) is 0.211. The third-order valence-corrected chi connectivity index (χ3v) is 3.94. The predicted molar refractivity (Wildman–Crippen MR) is 90.1 cm³/mol. The van der Waals surface area contributed by atoms with Crippen molar-refractivity contribution in [3.05, 3.63) is 70.9 Å². The number of nitrogens with zero attached hydrogens (tertiary/aromatic N) is 2. The molecule has 0 spiro atoms. The van der Waals surface area contributed by atoms with Gasteiger partial charge in [-0.15, -0.1) is 0 Å². The average molecular weight is 308 g/mol. The molecule has 3 rings (SSSR count). The second kappa shape index (κ2) is 6.16. The molecule has 0 bridgehead atoms. The van der Waals surface area contributed by atoms with Crippen molar-refractivity contribution >= 4 is 0 Å². The van der Waals surface area contributed by atoms with Crippen molar-refractivity contribution in [2.75, 3.05) is 0 Å². The van der Waals surface area contributed by atoms with Crippen LogP contribution in [0.2, 0.25) is 0 Å². The Kier molecular flexibility index (Phi) is 4.06. The summed E-state index contributed by atoms with van der Waals surface area (Å²) < 4.78 is 7.71. The molecule has 0 atom stereocenters. The summed E-state index contributed by atoms with van der Waals surface area (Å²) in [4.78, 5) is 0. The molecule has 0 radical (unpaired) electrons. The van der Waals surface area contributed by atoms with Gasteiger partial charge in [0.05, 0.1) is 5.69 Å². The van der Waals surface area contributed by atoms with Crippen molar-refractivity contribution in [1.29, 1.82) is 0 Å². The van der Waals surface area contributed by atoms with Crippen LogP contribution < -0.4 is 4.74 Å². The summed E-state index contributed by atoms with van der Waals surface area (Å²) in [6.45, 7) is 3.99. The van der Waals surface area contributed by atoms with Gasteiger partial charge in [-0.3, -0.25) is 0 Å². The molecule has 1 N–H and O–H groups in total. The maximum Gasteiger partial charge on any atom is 0.220 e. The first-order chi connectivity index (χ1) is 11.0. The van der Waals surface area contributed by atoms with E-state index in [0.717, 1.165) is 34.9 Å². The van der Waals surface area contributed by atoms with E-state index in [4.69, 9.17) is 4.74 Å². The summed E-state index contributed by atoms with van der Waals surface area (Å²) in [7, 11) is 1.88. The van der Waals surface area contributed by atoms with Crippen LogP contribution in [0.5, 0.6) is 17.4 Å². The highest BCUT2D eigenvalue weighted by molar-refractivity contribution is 5.37. The van der Waals surface area contributed by atoms with Crippen LogP contribution in [0.25, 0.3) is 0 Å². The van der Waals surface area contributed by atoms with Gasteiger partial charge >= 0.3 is 0 Å². The number of ether oxygens (including phenoxy) is 1. The molecule has 23 heavy (non-hydrogen) atoms. The molecule has 0 aliphatic rings. The van der Waals surface area contributed by atoms with E-state index in [1.165, 1.54) is 5.56 Å². The molecule has 0 amide bonds. The molecule has 0 saturated heterocycles. The Hall–Kier alpha value is -2.75. The second-order valence-corrected chi connectivity index (χ2v) is 5.73. The SMILES string of the molecule is Cc1nn(C)c(Oc2ccc(Cc3ccc(O)cc3)cc2)c1C. The fourth-order valence-corrected chi connectivity index (χ4v) is 2.52. The van der Waals surface area contributed by atoms with Gasteiger partial charge in [0.2, 0.25) is 5.88 Å². The van der Waals surface area contributed by atoms with Crippen molar-refractivity contribution < 1.29 is 9.84 Å². The van der Waals surface area contributed by atoms with E-state index < -0.39 is 0 Å². The molecule has 1 aromatic heterocycles. The number of rotatable bonds is 4. The zero-order valence-electron chi connectivity index (χ0n) is 13.6. The van der Waals surface area contributed by atoms with Crippen molar-refractivity contribution in [2.45, 2.75) is 20.3 Å². The highest BCUT2D eigenvalue weighted by Gasteiger charge is 2.11. The number of benzene rings is 2. The van der Waals surface area contributed by atoms with Crippen LogP contribution >= 0.6 is 0 Å². The molecule has 4 nitrogen and oxygen atoms in total. The summed E-state index contributed by atoms with van der Waals surface area (Å²) >= 11 is 0. The predicted octanol–water partition coefficient (Wildman–Crippen LogP) is 4.13. The molecule has 0 fully saturated rings. The number of hydrogen-bond donors (Lipinski definition) is 1. The standard InChI is InChI=1S/C19H20N2O2/c1-13-14(2)20-21(3)19(13)23-18-10-6-16(7-11-18)12-15-4-8-17(22)9-5-15/h4-11,22H,12H2,1-3H3. The van der Waals surface area contributed by atoms with E-state index in [1.54, 1.807) is 16.8 Å². The van der Waals surface area contributed by atoms with Crippen LogP contribution in [0.4, 0.5) is 0 Å². The van der Waals surface area contributed by atoms with E-state index in [1.807, 2.05) is 45.2 Å². The van der Waals surface area contributed by atoms with Gasteiger partial charge in [-0.05, 0) is 55.7 Å². The van der Waals surface area contributed by atoms with Crippen molar-refractivity contribution in [3.8, 4) is 17.4 Å². The Bertz CT molecular complexity index is 803. The quantitative estimate of drug-likeness (QED) is 0.788. The van der Waals surface area contributed by atoms with Gasteiger partial charge in [-0.25, -0.2) is 4.68 Å². The van der Waals surface area contributed by atoms with Crippen LogP contribution in [-0.2, 0) is 13.5 Å². The lowest BCUT2D eigenvalue weighted by molar-refractivity contribution is 0.427. The minimum Gasteiger partial charge on any atom is -0.508 e. The Balaban J connectivity index is 1.73. The van der Waals surface area contributed by atoms with Crippen LogP contribution in [0, 0.1) is 13.8 Å². The molecule has 2 aromatic carbocycles. The van der Waals surface area contributed by atoms with Crippen molar-refractivity contribution in [2.24, 2.45) is 7.05 Å². The van der Waals surface area contributed by atoms with Gasteiger partial charge in [-0.1, -0.05) is 24.3 Å². The third kappa shape index (κ3) is 3.37. The summed E-state index contributed by atoms with van der Waals surface area (Å²) in [5.74, 6) is 1.86. The Labute approximate surface area is 136 Å². The van der Waals surface area contributed by atoms with Crippen LogP contribution in [0.3, 0.4) is 0 Å². The normalized spacial score (nSPS) is 10.7. The number of phenols is 1. The third-order valence-electron chi connectivity index (χ3n) is 3.94. The first-order valence-electron chi connectivity index (χ1n) is 7.58. The smallest absolute Gasteiger partial charge is 0.220 e. The zero-order chi connectivity index (χ0) is 16.4. The molecule has 0 unspecified atom stereocenters. The molecule has 0 saturated carbocycles. The monoisotopic (exact) mass is 308 g/mol. The molecular weight excluding hydrogens is 288 g/mol. The summed E-state index contributed by atoms with van der Waals surface area (Å²) in [5, 5.41) is 13.7. The summed E-state index contributed by atoms with van der Waals surface area (Å²) in [5.41, 5.74) is 4.39. The summed E-state index contributed by atoms with van der Waals surface area (Å²) in [6.07, 6.45) is 0.824. The van der Waals surface area contributed by atoms with Crippen molar-refractivity contribution in [3.63, 3.8) is 0 Å². The number of aromatic hydroxyl groups is 1. The van der Waals surface area contributed by atoms with Crippen molar-refractivity contribution in [1.82, 2.24) is 9.78 Å². The number of aromatic nitrogens is 2.